The van der Waals surface area contributed by atoms with E-state index < -0.39 is 0 Å². The molecule has 0 spiro atoms. The second-order valence-corrected chi connectivity index (χ2v) is 5.79. The molecule has 0 aliphatic carbocycles. The van der Waals surface area contributed by atoms with Gasteiger partial charge in [0.15, 0.2) is 0 Å². The highest BCUT2D eigenvalue weighted by molar-refractivity contribution is 6.54. The van der Waals surface area contributed by atoms with Gasteiger partial charge in [-0.2, -0.15) is 0 Å². The molecular weight excluding hydrogens is 234 g/mol. The van der Waals surface area contributed by atoms with Crippen LogP contribution >= 0.6 is 0 Å². The molecule has 2 radical (unpaired) electrons. The smallest absolute Gasteiger partial charge is 0.0817 e. The SMILES string of the molecule is C=Cc1c([Si]CCCC)cccc1N(CC)CC. The van der Waals surface area contributed by atoms with Crippen molar-refractivity contribution >= 4 is 26.5 Å². The number of benzene rings is 1. The van der Waals surface area contributed by atoms with Gasteiger partial charge in [0.1, 0.15) is 0 Å². The van der Waals surface area contributed by atoms with Crippen LogP contribution in [0, 0.1) is 0 Å². The van der Waals surface area contributed by atoms with E-state index in [1.807, 2.05) is 6.08 Å². The molecule has 1 aromatic carbocycles. The van der Waals surface area contributed by atoms with Crippen LogP contribution in [0.2, 0.25) is 6.04 Å². The summed E-state index contributed by atoms with van der Waals surface area (Å²) in [5.74, 6) is 0. The zero-order valence-corrected chi connectivity index (χ0v) is 13.0. The molecular formula is C16H25NSi. The lowest BCUT2D eigenvalue weighted by atomic mass is 10.1. The summed E-state index contributed by atoms with van der Waals surface area (Å²) in [6.45, 7) is 12.8. The molecule has 98 valence electrons. The van der Waals surface area contributed by atoms with E-state index in [2.05, 4.69) is 50.4 Å². The van der Waals surface area contributed by atoms with Crippen LogP contribution in [0.4, 0.5) is 5.69 Å². The summed E-state index contributed by atoms with van der Waals surface area (Å²) in [5.41, 5.74) is 2.69. The van der Waals surface area contributed by atoms with E-state index in [0.29, 0.717) is 0 Å². The normalized spacial score (nSPS) is 10.4. The van der Waals surface area contributed by atoms with Gasteiger partial charge in [-0.1, -0.05) is 55.8 Å². The van der Waals surface area contributed by atoms with Gasteiger partial charge in [0.05, 0.1) is 9.52 Å². The minimum atomic E-state index is 0.911. The predicted molar refractivity (Wildman–Crippen MR) is 85.2 cm³/mol. The molecule has 0 aliphatic rings. The van der Waals surface area contributed by atoms with Gasteiger partial charge >= 0.3 is 0 Å². The van der Waals surface area contributed by atoms with Gasteiger partial charge < -0.3 is 4.90 Å². The Morgan fingerprint density at radius 3 is 2.50 bits per heavy atom. The average Bonchev–Trinajstić information content (AvgIpc) is 2.41. The van der Waals surface area contributed by atoms with Crippen LogP contribution < -0.4 is 10.1 Å². The minimum Gasteiger partial charge on any atom is -0.372 e. The third kappa shape index (κ3) is 3.74. The van der Waals surface area contributed by atoms with E-state index in [-0.39, 0.29) is 0 Å². The maximum absolute atomic E-state index is 4.01. The van der Waals surface area contributed by atoms with E-state index in [1.165, 1.54) is 35.3 Å². The number of hydrogen-bond donors (Lipinski definition) is 0. The summed E-state index contributed by atoms with van der Waals surface area (Å²) in [4.78, 5) is 2.41. The first-order chi connectivity index (χ1) is 8.78. The van der Waals surface area contributed by atoms with Gasteiger partial charge in [-0.3, -0.25) is 0 Å². The standard InChI is InChI=1S/C16H25NSi/c1-5-9-13-18-16-12-10-11-15(14(16)6-2)17(7-3)8-4/h6,10-12H,2,5,7-9,13H2,1,3-4H3. The van der Waals surface area contributed by atoms with E-state index in [4.69, 9.17) is 0 Å². The minimum absolute atomic E-state index is 0.911. The average molecular weight is 259 g/mol. The first-order valence-electron chi connectivity index (χ1n) is 7.02. The molecule has 0 saturated carbocycles. The zero-order valence-electron chi connectivity index (χ0n) is 12.0. The molecule has 0 amide bonds. The number of hydrogen-bond acceptors (Lipinski definition) is 1. The van der Waals surface area contributed by atoms with E-state index in [9.17, 15) is 0 Å². The van der Waals surface area contributed by atoms with Crippen molar-refractivity contribution in [2.75, 3.05) is 18.0 Å². The van der Waals surface area contributed by atoms with Crippen molar-refractivity contribution in [2.45, 2.75) is 39.7 Å². The molecule has 0 N–H and O–H groups in total. The molecule has 2 heteroatoms. The summed E-state index contributed by atoms with van der Waals surface area (Å²) in [6, 6.07) is 7.98. The van der Waals surface area contributed by atoms with E-state index in [0.717, 1.165) is 22.6 Å². The summed E-state index contributed by atoms with van der Waals surface area (Å²) in [7, 11) is 0.911. The Kier molecular flexibility index (Phi) is 6.80. The van der Waals surface area contributed by atoms with Crippen molar-refractivity contribution in [1.82, 2.24) is 0 Å². The third-order valence-corrected chi connectivity index (χ3v) is 4.66. The molecule has 0 fully saturated rings. The molecule has 0 saturated heterocycles. The van der Waals surface area contributed by atoms with Gasteiger partial charge in [0.25, 0.3) is 0 Å². The molecule has 0 heterocycles. The van der Waals surface area contributed by atoms with Crippen molar-refractivity contribution in [3.05, 3.63) is 30.3 Å². The number of anilines is 1. The number of rotatable bonds is 8. The highest BCUT2D eigenvalue weighted by atomic mass is 28.2. The Morgan fingerprint density at radius 2 is 1.94 bits per heavy atom. The summed E-state index contributed by atoms with van der Waals surface area (Å²) in [6.07, 6.45) is 4.64. The highest BCUT2D eigenvalue weighted by Gasteiger charge is 2.09. The monoisotopic (exact) mass is 259 g/mol. The Hall–Kier alpha value is -1.02. The van der Waals surface area contributed by atoms with Crippen LogP contribution in [0.3, 0.4) is 0 Å². The summed E-state index contributed by atoms with van der Waals surface area (Å²) < 4.78 is 0. The van der Waals surface area contributed by atoms with Crippen LogP contribution in [-0.4, -0.2) is 22.6 Å². The van der Waals surface area contributed by atoms with Crippen molar-refractivity contribution < 1.29 is 0 Å². The lowest BCUT2D eigenvalue weighted by Crippen LogP contribution is -2.26. The van der Waals surface area contributed by atoms with Gasteiger partial charge in [-0.25, -0.2) is 0 Å². The van der Waals surface area contributed by atoms with Crippen LogP contribution in [0.25, 0.3) is 6.08 Å². The summed E-state index contributed by atoms with van der Waals surface area (Å²) >= 11 is 0. The number of unbranched alkanes of at least 4 members (excludes halogenated alkanes) is 1. The predicted octanol–water partition coefficient (Wildman–Crippen LogP) is 3.72. The van der Waals surface area contributed by atoms with Gasteiger partial charge in [-0.05, 0) is 25.5 Å². The fourth-order valence-electron chi connectivity index (χ4n) is 2.16. The van der Waals surface area contributed by atoms with E-state index in [1.54, 1.807) is 0 Å². The van der Waals surface area contributed by atoms with E-state index >= 15 is 0 Å². The Bertz CT molecular complexity index is 369. The molecule has 0 bridgehead atoms. The topological polar surface area (TPSA) is 3.24 Å². The van der Waals surface area contributed by atoms with Crippen molar-refractivity contribution in [3.8, 4) is 0 Å². The van der Waals surface area contributed by atoms with Crippen LogP contribution in [0.5, 0.6) is 0 Å². The first-order valence-corrected chi connectivity index (χ1v) is 8.23. The molecule has 18 heavy (non-hydrogen) atoms. The molecule has 0 aromatic heterocycles. The molecule has 0 unspecified atom stereocenters. The maximum atomic E-state index is 4.01. The Morgan fingerprint density at radius 1 is 1.22 bits per heavy atom. The molecule has 0 atom stereocenters. The van der Waals surface area contributed by atoms with Crippen LogP contribution in [-0.2, 0) is 0 Å². The second-order valence-electron chi connectivity index (χ2n) is 4.40. The Balaban J connectivity index is 2.97. The molecule has 0 aliphatic heterocycles. The molecule has 1 aromatic rings. The van der Waals surface area contributed by atoms with Gasteiger partial charge in [-0.15, -0.1) is 0 Å². The lowest BCUT2D eigenvalue weighted by molar-refractivity contribution is 0.865. The lowest BCUT2D eigenvalue weighted by Gasteiger charge is -2.24. The molecule has 1 nitrogen and oxygen atoms in total. The first kappa shape index (κ1) is 15.0. The van der Waals surface area contributed by atoms with Crippen molar-refractivity contribution in [1.29, 1.82) is 0 Å². The number of nitrogens with zero attached hydrogens (tertiary/aromatic N) is 1. The zero-order chi connectivity index (χ0) is 13.4. The Labute approximate surface area is 115 Å². The van der Waals surface area contributed by atoms with Gasteiger partial charge in [0, 0.05) is 18.8 Å². The largest absolute Gasteiger partial charge is 0.372 e. The van der Waals surface area contributed by atoms with Crippen molar-refractivity contribution in [2.24, 2.45) is 0 Å². The fourth-order valence-corrected chi connectivity index (χ4v) is 3.60. The summed E-state index contributed by atoms with van der Waals surface area (Å²) in [5, 5.41) is 1.47. The maximum Gasteiger partial charge on any atom is 0.0817 e. The van der Waals surface area contributed by atoms with Crippen molar-refractivity contribution in [3.63, 3.8) is 0 Å². The van der Waals surface area contributed by atoms with Crippen LogP contribution in [0.1, 0.15) is 39.2 Å². The van der Waals surface area contributed by atoms with Crippen LogP contribution in [0.15, 0.2) is 24.8 Å². The van der Waals surface area contributed by atoms with Gasteiger partial charge in [0.2, 0.25) is 0 Å². The third-order valence-electron chi connectivity index (χ3n) is 3.24. The molecule has 1 rings (SSSR count). The highest BCUT2D eigenvalue weighted by Crippen LogP contribution is 2.19. The second kappa shape index (κ2) is 8.14. The quantitative estimate of drug-likeness (QED) is 0.508. The fraction of sp³-hybridized carbons (Fsp3) is 0.500.